The van der Waals surface area contributed by atoms with Crippen LogP contribution in [0.1, 0.15) is 31.8 Å². The van der Waals surface area contributed by atoms with Crippen LogP contribution < -0.4 is 5.43 Å². The summed E-state index contributed by atoms with van der Waals surface area (Å²) in [5.74, 6) is -1.58. The highest BCUT2D eigenvalue weighted by Gasteiger charge is 2.09. The number of nitrogens with zero attached hydrogens (tertiary/aromatic N) is 2. The van der Waals surface area contributed by atoms with Crippen molar-refractivity contribution in [3.63, 3.8) is 0 Å². The van der Waals surface area contributed by atoms with Gasteiger partial charge in [-0.15, -0.1) is 0 Å². The molecule has 4 aromatic rings. The third-order valence-corrected chi connectivity index (χ3v) is 4.44. The molecular weight excluding hydrogens is 418 g/mol. The lowest BCUT2D eigenvalue weighted by Crippen LogP contribution is -2.20. The fraction of sp³-hybridized carbons (Fsp3) is 0. The summed E-state index contributed by atoms with van der Waals surface area (Å²) in [5.41, 5.74) is 5.66. The summed E-state index contributed by atoms with van der Waals surface area (Å²) in [6.45, 7) is 0. The molecule has 0 spiro atoms. The van der Waals surface area contributed by atoms with Gasteiger partial charge in [-0.25, -0.2) is 10.2 Å². The van der Waals surface area contributed by atoms with Gasteiger partial charge in [-0.2, -0.15) is 5.10 Å². The second-order valence-corrected chi connectivity index (χ2v) is 6.69. The number of carboxylic acid groups (broad SMARTS) is 1. The van der Waals surface area contributed by atoms with Crippen LogP contribution in [-0.4, -0.2) is 32.8 Å². The minimum Gasteiger partial charge on any atom is -0.507 e. The highest BCUT2D eigenvalue weighted by molar-refractivity contribution is 6.13. The monoisotopic (exact) mass is 439 g/mol. The maximum absolute atomic E-state index is 12.2. The Morgan fingerprint density at radius 1 is 0.697 bits per heavy atom. The lowest BCUT2D eigenvalue weighted by atomic mass is 10.0. The van der Waals surface area contributed by atoms with Gasteiger partial charge in [-0.1, -0.05) is 72.8 Å². The van der Waals surface area contributed by atoms with Crippen LogP contribution in [0.15, 0.2) is 115 Å². The molecule has 3 N–H and O–H groups in total. The van der Waals surface area contributed by atoms with Crippen LogP contribution >= 0.6 is 0 Å². The molecule has 1 aromatic heterocycles. The first kappa shape index (κ1) is 22.9. The number of rotatable bonds is 5. The number of hydrogen-bond acceptors (Lipinski definition) is 5. The smallest absolute Gasteiger partial charge is 0.339 e. The molecule has 1 heterocycles. The average Bonchev–Trinajstić information content (AvgIpc) is 2.86. The molecule has 7 nitrogen and oxygen atoms in total. The van der Waals surface area contributed by atoms with E-state index < -0.39 is 5.97 Å². The van der Waals surface area contributed by atoms with Gasteiger partial charge in [0, 0.05) is 29.1 Å². The normalized spacial score (nSPS) is 9.70. The first-order valence-corrected chi connectivity index (χ1v) is 9.96. The van der Waals surface area contributed by atoms with E-state index in [1.54, 1.807) is 36.7 Å². The zero-order chi connectivity index (χ0) is 23.5. The minimum absolute atomic E-state index is 0.0671. The third-order valence-electron chi connectivity index (χ3n) is 4.44. The molecular formula is C26H21N3O4. The molecule has 3 aromatic carbocycles. The zero-order valence-corrected chi connectivity index (χ0v) is 17.5. The second kappa shape index (κ2) is 11.6. The van der Waals surface area contributed by atoms with Crippen molar-refractivity contribution in [3.8, 4) is 5.75 Å². The molecule has 0 bridgehead atoms. The fourth-order valence-corrected chi connectivity index (χ4v) is 2.82. The number of carboxylic acids is 1. The fourth-order valence-electron chi connectivity index (χ4n) is 2.82. The number of aromatic hydroxyl groups is 1. The quantitative estimate of drug-likeness (QED) is 0.316. The van der Waals surface area contributed by atoms with Crippen LogP contribution in [0.25, 0.3) is 0 Å². The van der Waals surface area contributed by atoms with E-state index in [1.807, 2.05) is 60.7 Å². The molecule has 1 amide bonds. The van der Waals surface area contributed by atoms with Gasteiger partial charge in [-0.3, -0.25) is 9.78 Å². The zero-order valence-electron chi connectivity index (χ0n) is 17.5. The number of benzene rings is 3. The van der Waals surface area contributed by atoms with Gasteiger partial charge in [0.1, 0.15) is 11.3 Å². The van der Waals surface area contributed by atoms with Gasteiger partial charge in [-0.05, 0) is 24.3 Å². The van der Waals surface area contributed by atoms with E-state index in [0.717, 1.165) is 11.1 Å². The number of pyridine rings is 1. The van der Waals surface area contributed by atoms with Gasteiger partial charge in [0.2, 0.25) is 0 Å². The van der Waals surface area contributed by atoms with E-state index in [4.69, 9.17) is 10.2 Å². The van der Waals surface area contributed by atoms with Crippen LogP contribution in [0.5, 0.6) is 5.75 Å². The van der Waals surface area contributed by atoms with Gasteiger partial charge in [0.25, 0.3) is 5.91 Å². The number of hydrazone groups is 1. The Balaban J connectivity index is 0.000000257. The molecule has 0 aliphatic carbocycles. The van der Waals surface area contributed by atoms with E-state index in [1.165, 1.54) is 12.1 Å². The lowest BCUT2D eigenvalue weighted by molar-refractivity contribution is 0.0693. The van der Waals surface area contributed by atoms with Crippen molar-refractivity contribution in [2.24, 2.45) is 5.10 Å². The molecule has 33 heavy (non-hydrogen) atoms. The Hall–Kier alpha value is -4.78. The second-order valence-electron chi connectivity index (χ2n) is 6.69. The predicted octanol–water partition coefficient (Wildman–Crippen LogP) is 4.35. The van der Waals surface area contributed by atoms with E-state index >= 15 is 0 Å². The van der Waals surface area contributed by atoms with Crippen LogP contribution in [0.3, 0.4) is 0 Å². The average molecular weight is 439 g/mol. The summed E-state index contributed by atoms with van der Waals surface area (Å²) in [7, 11) is 0. The Morgan fingerprint density at radius 2 is 1.21 bits per heavy atom. The molecule has 164 valence electrons. The number of carbonyl (C=O) groups excluding carboxylic acids is 1. The summed E-state index contributed by atoms with van der Waals surface area (Å²) in [5, 5.41) is 21.6. The highest BCUT2D eigenvalue weighted by atomic mass is 16.4. The molecule has 7 heteroatoms. The number of nitrogens with one attached hydrogen (secondary N) is 1. The summed E-state index contributed by atoms with van der Waals surface area (Å²) in [6, 6.07) is 28.6. The Labute approximate surface area is 190 Å². The number of hydrogen-bond donors (Lipinski definition) is 3. The highest BCUT2D eigenvalue weighted by Crippen LogP contribution is 2.14. The largest absolute Gasteiger partial charge is 0.507 e. The topological polar surface area (TPSA) is 112 Å². The molecule has 4 rings (SSSR count). The van der Waals surface area contributed by atoms with Gasteiger partial charge >= 0.3 is 5.97 Å². The van der Waals surface area contributed by atoms with Crippen molar-refractivity contribution in [2.75, 3.05) is 0 Å². The first-order valence-electron chi connectivity index (χ1n) is 9.96. The number of carbonyl (C=O) groups is 2. The van der Waals surface area contributed by atoms with Crippen molar-refractivity contribution >= 4 is 17.6 Å². The van der Waals surface area contributed by atoms with Crippen LogP contribution in [-0.2, 0) is 0 Å². The van der Waals surface area contributed by atoms with Crippen molar-refractivity contribution in [2.45, 2.75) is 0 Å². The van der Waals surface area contributed by atoms with Crippen molar-refractivity contribution < 1.29 is 19.8 Å². The number of phenols is 1. The summed E-state index contributed by atoms with van der Waals surface area (Å²) >= 11 is 0. The van der Waals surface area contributed by atoms with Crippen LogP contribution in [0.4, 0.5) is 0 Å². The van der Waals surface area contributed by atoms with Crippen LogP contribution in [0.2, 0.25) is 0 Å². The molecule has 0 saturated carbocycles. The van der Waals surface area contributed by atoms with E-state index in [-0.39, 0.29) is 17.2 Å². The van der Waals surface area contributed by atoms with E-state index in [0.29, 0.717) is 11.3 Å². The maximum atomic E-state index is 12.2. The molecule has 0 aliphatic heterocycles. The van der Waals surface area contributed by atoms with Gasteiger partial charge in [0.05, 0.1) is 5.71 Å². The molecule has 0 radical (unpaired) electrons. The number of amides is 1. The van der Waals surface area contributed by atoms with Crippen LogP contribution in [0, 0.1) is 0 Å². The standard InChI is InChI=1S/C19H15N3O.C7H6O3/c23-19(17-11-13-20-14-12-17)22-21-18(15-7-3-1-4-8-15)16-9-5-2-6-10-16;8-6-4-2-1-3-5(6)7(9)10/h1-14H,(H,22,23);1-4,8H,(H,9,10). The number of para-hydroxylation sites is 1. The Kier molecular flexibility index (Phi) is 8.03. The minimum atomic E-state index is -1.11. The van der Waals surface area contributed by atoms with Gasteiger partial charge < -0.3 is 10.2 Å². The SMILES string of the molecule is O=C(NN=C(c1ccccc1)c1ccccc1)c1ccncc1.O=C(O)c1ccccc1O. The van der Waals surface area contributed by atoms with Crippen molar-refractivity contribution in [1.82, 2.24) is 10.4 Å². The molecule has 0 unspecified atom stereocenters. The number of aromatic nitrogens is 1. The van der Waals surface area contributed by atoms with E-state index in [9.17, 15) is 9.59 Å². The summed E-state index contributed by atoms with van der Waals surface area (Å²) in [4.78, 5) is 26.3. The Morgan fingerprint density at radius 3 is 1.70 bits per heavy atom. The molecule has 0 aliphatic rings. The number of aromatic carboxylic acids is 1. The van der Waals surface area contributed by atoms with E-state index in [2.05, 4.69) is 15.5 Å². The lowest BCUT2D eigenvalue weighted by Gasteiger charge is -2.08. The van der Waals surface area contributed by atoms with Crippen molar-refractivity contribution in [1.29, 1.82) is 0 Å². The first-order chi connectivity index (χ1) is 16.1. The molecule has 0 fully saturated rings. The summed E-state index contributed by atoms with van der Waals surface area (Å²) in [6.07, 6.45) is 3.15. The maximum Gasteiger partial charge on any atom is 0.339 e. The van der Waals surface area contributed by atoms with Gasteiger partial charge in [0.15, 0.2) is 0 Å². The molecule has 0 saturated heterocycles. The Bertz CT molecular complexity index is 1190. The predicted molar refractivity (Wildman–Crippen MR) is 125 cm³/mol. The molecule has 0 atom stereocenters. The summed E-state index contributed by atoms with van der Waals surface area (Å²) < 4.78 is 0. The van der Waals surface area contributed by atoms with Crippen molar-refractivity contribution in [3.05, 3.63) is 132 Å². The third kappa shape index (κ3) is 6.60.